The van der Waals surface area contributed by atoms with Gasteiger partial charge in [-0.2, -0.15) is 5.10 Å². The van der Waals surface area contributed by atoms with Crippen molar-refractivity contribution in [1.82, 2.24) is 14.7 Å². The van der Waals surface area contributed by atoms with Crippen molar-refractivity contribution in [2.75, 3.05) is 20.3 Å². The van der Waals surface area contributed by atoms with Gasteiger partial charge in [0.2, 0.25) is 0 Å². The number of aromatic nitrogens is 2. The second kappa shape index (κ2) is 10.0. The number of fused-ring (bicyclic) bond motifs is 3. The van der Waals surface area contributed by atoms with Crippen LogP contribution in [0.4, 0.5) is 4.79 Å². The molecule has 1 aliphatic rings. The lowest BCUT2D eigenvalue weighted by atomic mass is 9.90. The molecule has 0 aliphatic carbocycles. The quantitative estimate of drug-likeness (QED) is 0.279. The van der Waals surface area contributed by atoms with Crippen LogP contribution in [-0.4, -0.2) is 54.7 Å². The summed E-state index contributed by atoms with van der Waals surface area (Å²) in [6, 6.07) is 3.08. The van der Waals surface area contributed by atoms with Gasteiger partial charge < -0.3 is 18.6 Å². The smallest absolute Gasteiger partial charge is 0.410 e. The number of amides is 1. The summed E-state index contributed by atoms with van der Waals surface area (Å²) in [5.74, 6) is 0.431. The lowest BCUT2D eigenvalue weighted by Gasteiger charge is -2.41. The Morgan fingerprint density at radius 3 is 2.73 bits per heavy atom. The summed E-state index contributed by atoms with van der Waals surface area (Å²) in [6.07, 6.45) is 3.18. The minimum Gasteiger partial charge on any atom is -0.444 e. The third-order valence-electron chi connectivity index (χ3n) is 6.38. The maximum Gasteiger partial charge on any atom is 0.410 e. The van der Waals surface area contributed by atoms with Crippen molar-refractivity contribution < 1.29 is 23.4 Å². The molecule has 0 aromatic carbocycles. The summed E-state index contributed by atoms with van der Waals surface area (Å²) in [5, 5.41) is 5.20. The average Bonchev–Trinajstić information content (AvgIpc) is 3.43. The molecule has 0 saturated heterocycles. The maximum absolute atomic E-state index is 13.1. The molecule has 11 heteroatoms. The maximum atomic E-state index is 13.1. The van der Waals surface area contributed by atoms with Crippen LogP contribution < -0.4 is 5.63 Å². The van der Waals surface area contributed by atoms with Crippen molar-refractivity contribution in [3.05, 3.63) is 40.2 Å². The van der Waals surface area contributed by atoms with Crippen LogP contribution in [0.15, 0.2) is 27.7 Å². The van der Waals surface area contributed by atoms with Gasteiger partial charge in [-0.1, -0.05) is 19.6 Å². The molecule has 0 N–H and O–H groups in total. The molecule has 1 aliphatic heterocycles. The molecule has 0 radical (unpaired) electrons. The number of nitrogens with zero attached hydrogens (tertiary/aromatic N) is 3. The highest BCUT2D eigenvalue weighted by Gasteiger charge is 2.44. The Bertz CT molecular complexity index is 1350. The molecule has 0 saturated carbocycles. The fraction of sp³-hybridized carbons (Fsp3) is 0.577. The molecule has 202 valence electrons. The Morgan fingerprint density at radius 2 is 2.05 bits per heavy atom. The number of thiophene rings is 1. The van der Waals surface area contributed by atoms with E-state index in [1.807, 2.05) is 40.0 Å². The van der Waals surface area contributed by atoms with Crippen molar-refractivity contribution in [2.45, 2.75) is 77.9 Å². The van der Waals surface area contributed by atoms with E-state index in [-0.39, 0.29) is 13.2 Å². The number of hydrogen-bond acceptors (Lipinski definition) is 8. The van der Waals surface area contributed by atoms with E-state index in [0.717, 1.165) is 34.0 Å². The first-order chi connectivity index (χ1) is 17.2. The fourth-order valence-electron chi connectivity index (χ4n) is 4.11. The third kappa shape index (κ3) is 6.00. The predicted octanol–water partition coefficient (Wildman–Crippen LogP) is 5.64. The summed E-state index contributed by atoms with van der Waals surface area (Å²) in [7, 11) is 0.490. The van der Waals surface area contributed by atoms with Crippen molar-refractivity contribution in [2.24, 2.45) is 0 Å². The van der Waals surface area contributed by atoms with E-state index < -0.39 is 30.9 Å². The van der Waals surface area contributed by atoms with Crippen LogP contribution in [0.5, 0.6) is 0 Å². The topological polar surface area (TPSA) is 96.0 Å². The zero-order chi connectivity index (χ0) is 27.2. The molecule has 9 nitrogen and oxygen atoms in total. The van der Waals surface area contributed by atoms with Gasteiger partial charge in [-0.3, -0.25) is 4.90 Å². The molecular formula is C26H37N3O6SSi. The molecule has 37 heavy (non-hydrogen) atoms. The highest BCUT2D eigenvalue weighted by molar-refractivity contribution is 7.22. The molecule has 1 unspecified atom stereocenters. The van der Waals surface area contributed by atoms with Crippen LogP contribution in [-0.2, 0) is 33.1 Å². The van der Waals surface area contributed by atoms with Crippen molar-refractivity contribution in [3.63, 3.8) is 0 Å². The number of carbonyl (C=O) groups excluding carboxylic acids is 1. The van der Waals surface area contributed by atoms with Gasteiger partial charge in [0.1, 0.15) is 28.3 Å². The normalized spacial score (nSPS) is 18.2. The first-order valence-corrected chi connectivity index (χ1v) is 17.0. The summed E-state index contributed by atoms with van der Waals surface area (Å²) in [6.45, 7) is 15.8. The molecule has 0 fully saturated rings. The van der Waals surface area contributed by atoms with E-state index in [2.05, 4.69) is 24.7 Å². The monoisotopic (exact) mass is 547 g/mol. The molecule has 3 aromatic rings. The largest absolute Gasteiger partial charge is 0.444 e. The van der Waals surface area contributed by atoms with Crippen molar-refractivity contribution in [3.8, 4) is 10.4 Å². The van der Waals surface area contributed by atoms with Gasteiger partial charge in [-0.25, -0.2) is 14.3 Å². The van der Waals surface area contributed by atoms with Crippen LogP contribution >= 0.6 is 11.3 Å². The minimum atomic E-state index is -1.14. The molecule has 4 heterocycles. The summed E-state index contributed by atoms with van der Waals surface area (Å²) >= 11 is 1.36. The van der Waals surface area contributed by atoms with Crippen molar-refractivity contribution >= 4 is 35.6 Å². The van der Waals surface area contributed by atoms with Gasteiger partial charge >= 0.3 is 11.7 Å². The van der Waals surface area contributed by atoms with Gasteiger partial charge in [0, 0.05) is 49.3 Å². The zero-order valence-corrected chi connectivity index (χ0v) is 24.8. The lowest BCUT2D eigenvalue weighted by molar-refractivity contribution is -0.0448. The summed E-state index contributed by atoms with van der Waals surface area (Å²) < 4.78 is 25.4. The molecule has 0 spiro atoms. The van der Waals surface area contributed by atoms with Crippen LogP contribution in [0.25, 0.3) is 20.5 Å². The second-order valence-corrected chi connectivity index (χ2v) is 18.6. The SMILES string of the molecule is CN(C(=O)OC(C)(C)C)C1(C)COCc2c1oc(=O)c1sc(-c3cnn(COCC[Si](C)(C)C)c3)cc21. The van der Waals surface area contributed by atoms with E-state index in [9.17, 15) is 9.59 Å². The average molecular weight is 548 g/mol. The van der Waals surface area contributed by atoms with Gasteiger partial charge in [-0.05, 0) is 39.8 Å². The minimum absolute atomic E-state index is 0.186. The number of likely N-dealkylation sites (N-methyl/N-ethyl adjacent to an activating group) is 1. The number of rotatable bonds is 7. The second-order valence-electron chi connectivity index (χ2n) is 12.0. The fourth-order valence-corrected chi connectivity index (χ4v) is 5.90. The van der Waals surface area contributed by atoms with E-state index in [4.69, 9.17) is 18.6 Å². The number of carbonyl (C=O) groups is 1. The highest BCUT2D eigenvalue weighted by Crippen LogP contribution is 2.41. The van der Waals surface area contributed by atoms with Crippen molar-refractivity contribution in [1.29, 1.82) is 0 Å². The van der Waals surface area contributed by atoms with Crippen LogP contribution in [0.2, 0.25) is 25.7 Å². The Balaban J connectivity index is 1.62. The number of ether oxygens (including phenoxy) is 3. The predicted molar refractivity (Wildman–Crippen MR) is 147 cm³/mol. The Morgan fingerprint density at radius 1 is 1.32 bits per heavy atom. The lowest BCUT2D eigenvalue weighted by Crippen LogP contribution is -2.52. The van der Waals surface area contributed by atoms with Gasteiger partial charge in [0.15, 0.2) is 0 Å². The Labute approximate surface area is 222 Å². The van der Waals surface area contributed by atoms with E-state index in [0.29, 0.717) is 17.2 Å². The zero-order valence-electron chi connectivity index (χ0n) is 23.0. The standard InChI is InChI=1S/C26H37N3O6SSi/c1-25(2,3)35-24(31)28(5)26(4)15-33-14-19-18-11-20(36-21(18)23(30)34-22(19)26)17-12-27-29(13-17)16-32-9-10-37(6,7)8/h11-13H,9-10,14-16H2,1-8H3. The van der Waals surface area contributed by atoms with E-state index >= 15 is 0 Å². The summed E-state index contributed by atoms with van der Waals surface area (Å²) in [4.78, 5) is 28.3. The third-order valence-corrected chi connectivity index (χ3v) is 9.24. The molecule has 1 amide bonds. The van der Waals surface area contributed by atoms with Gasteiger partial charge in [-0.15, -0.1) is 11.3 Å². The Hall–Kier alpha value is -2.47. The van der Waals surface area contributed by atoms with Crippen LogP contribution in [0.3, 0.4) is 0 Å². The highest BCUT2D eigenvalue weighted by atomic mass is 32.1. The molecule has 0 bridgehead atoms. The first kappa shape index (κ1) is 27.6. The van der Waals surface area contributed by atoms with Crippen LogP contribution in [0.1, 0.15) is 39.0 Å². The van der Waals surface area contributed by atoms with E-state index in [1.165, 1.54) is 16.2 Å². The molecule has 3 aromatic heterocycles. The van der Waals surface area contributed by atoms with Gasteiger partial charge in [0.25, 0.3) is 0 Å². The van der Waals surface area contributed by atoms with E-state index in [1.54, 1.807) is 17.9 Å². The van der Waals surface area contributed by atoms with Gasteiger partial charge in [0.05, 0.1) is 19.4 Å². The molecule has 4 rings (SSSR count). The first-order valence-electron chi connectivity index (χ1n) is 12.4. The number of hydrogen-bond donors (Lipinski definition) is 0. The molecular weight excluding hydrogens is 510 g/mol. The Kier molecular flexibility index (Phi) is 7.46. The van der Waals surface area contributed by atoms with Crippen LogP contribution in [0, 0.1) is 0 Å². The molecule has 1 atom stereocenters. The summed E-state index contributed by atoms with van der Waals surface area (Å²) in [5.41, 5.74) is -0.421.